The molecular weight excluding hydrogens is 264 g/mol. The number of rotatable bonds is 3. The van der Waals surface area contributed by atoms with E-state index in [1.54, 1.807) is 0 Å². The standard InChI is InChI=1S/C12H8ClF2NO2/c1-2-12(11(13)17)6-10(16-18-12)7-3-8(14)5-9(15)4-7/h2-5H,1,6H2/t12-/m1/s1. The Morgan fingerprint density at radius 2 is 2.06 bits per heavy atom. The molecule has 1 aromatic carbocycles. The largest absolute Gasteiger partial charge is 0.375 e. The van der Waals surface area contributed by atoms with Crippen LogP contribution in [0.5, 0.6) is 0 Å². The molecule has 3 nitrogen and oxygen atoms in total. The number of oxime groups is 1. The monoisotopic (exact) mass is 271 g/mol. The van der Waals surface area contributed by atoms with Crippen LogP contribution in [0.15, 0.2) is 36.0 Å². The van der Waals surface area contributed by atoms with Crippen LogP contribution in [0.2, 0.25) is 0 Å². The normalized spacial score (nSPS) is 22.3. The number of hydrogen-bond donors (Lipinski definition) is 0. The number of benzene rings is 1. The minimum absolute atomic E-state index is 0.0122. The van der Waals surface area contributed by atoms with Gasteiger partial charge in [-0.15, -0.1) is 0 Å². The third-order valence-corrected chi connectivity index (χ3v) is 2.93. The van der Waals surface area contributed by atoms with Gasteiger partial charge in [0.25, 0.3) is 5.24 Å². The van der Waals surface area contributed by atoms with Crippen molar-refractivity contribution in [1.82, 2.24) is 0 Å². The molecule has 0 amide bonds. The van der Waals surface area contributed by atoms with Gasteiger partial charge in [0.05, 0.1) is 5.71 Å². The van der Waals surface area contributed by atoms with E-state index in [-0.39, 0.29) is 17.7 Å². The Bertz CT molecular complexity index is 539. The van der Waals surface area contributed by atoms with E-state index in [4.69, 9.17) is 16.4 Å². The zero-order chi connectivity index (χ0) is 13.3. The molecule has 2 rings (SSSR count). The van der Waals surface area contributed by atoms with Gasteiger partial charge in [0.2, 0.25) is 5.60 Å². The van der Waals surface area contributed by atoms with E-state index in [0.29, 0.717) is 0 Å². The van der Waals surface area contributed by atoms with Gasteiger partial charge in [-0.05, 0) is 29.8 Å². The molecule has 6 heteroatoms. The van der Waals surface area contributed by atoms with E-state index in [1.165, 1.54) is 6.08 Å². The molecule has 1 atom stereocenters. The molecule has 0 saturated carbocycles. The fourth-order valence-electron chi connectivity index (χ4n) is 1.62. The van der Waals surface area contributed by atoms with Crippen molar-refractivity contribution in [2.24, 2.45) is 5.16 Å². The number of carbonyl (C=O) groups excluding carboxylic acids is 1. The summed E-state index contributed by atoms with van der Waals surface area (Å²) < 4.78 is 26.1. The van der Waals surface area contributed by atoms with Gasteiger partial charge in [-0.1, -0.05) is 11.7 Å². The third-order valence-electron chi connectivity index (χ3n) is 2.61. The Labute approximate surface area is 107 Å². The Morgan fingerprint density at radius 1 is 1.44 bits per heavy atom. The lowest BCUT2D eigenvalue weighted by molar-refractivity contribution is -0.127. The summed E-state index contributed by atoms with van der Waals surface area (Å²) in [6, 6.07) is 2.94. The lowest BCUT2D eigenvalue weighted by atomic mass is 9.95. The fraction of sp³-hybridized carbons (Fsp3) is 0.167. The summed E-state index contributed by atoms with van der Waals surface area (Å²) in [7, 11) is 0. The SMILES string of the molecule is C=C[C@]1(C(=O)Cl)CC(c2cc(F)cc(F)c2)=NO1. The maximum Gasteiger partial charge on any atom is 0.272 e. The first-order valence-corrected chi connectivity index (χ1v) is 5.40. The predicted molar refractivity (Wildman–Crippen MR) is 62.4 cm³/mol. The van der Waals surface area contributed by atoms with Gasteiger partial charge >= 0.3 is 0 Å². The maximum absolute atomic E-state index is 13.1. The minimum atomic E-state index is -1.46. The second-order valence-electron chi connectivity index (χ2n) is 3.83. The van der Waals surface area contributed by atoms with E-state index in [1.807, 2.05) is 0 Å². The molecule has 0 bridgehead atoms. The summed E-state index contributed by atoms with van der Waals surface area (Å²) in [4.78, 5) is 16.2. The average Bonchev–Trinajstić information content (AvgIpc) is 2.73. The highest BCUT2D eigenvalue weighted by Gasteiger charge is 2.43. The van der Waals surface area contributed by atoms with Crippen LogP contribution in [0.25, 0.3) is 0 Å². The number of hydrogen-bond acceptors (Lipinski definition) is 3. The number of carbonyl (C=O) groups is 1. The highest BCUT2D eigenvalue weighted by molar-refractivity contribution is 6.66. The molecule has 0 N–H and O–H groups in total. The molecule has 0 aromatic heterocycles. The van der Waals surface area contributed by atoms with E-state index in [9.17, 15) is 13.6 Å². The van der Waals surface area contributed by atoms with Gasteiger partial charge in [0.1, 0.15) is 11.6 Å². The van der Waals surface area contributed by atoms with Crippen molar-refractivity contribution >= 4 is 22.6 Å². The van der Waals surface area contributed by atoms with Crippen molar-refractivity contribution in [3.05, 3.63) is 48.1 Å². The zero-order valence-corrected chi connectivity index (χ0v) is 9.88. The highest BCUT2D eigenvalue weighted by Crippen LogP contribution is 2.30. The van der Waals surface area contributed by atoms with Crippen molar-refractivity contribution in [3.63, 3.8) is 0 Å². The van der Waals surface area contributed by atoms with E-state index >= 15 is 0 Å². The summed E-state index contributed by atoms with van der Waals surface area (Å²) in [5.41, 5.74) is -1.02. The highest BCUT2D eigenvalue weighted by atomic mass is 35.5. The van der Waals surface area contributed by atoms with Crippen molar-refractivity contribution in [2.75, 3.05) is 0 Å². The Morgan fingerprint density at radius 3 is 2.50 bits per heavy atom. The lowest BCUT2D eigenvalue weighted by Gasteiger charge is -2.16. The minimum Gasteiger partial charge on any atom is -0.375 e. The van der Waals surface area contributed by atoms with Crippen molar-refractivity contribution in [2.45, 2.75) is 12.0 Å². The van der Waals surface area contributed by atoms with Crippen LogP contribution < -0.4 is 0 Å². The molecule has 1 aromatic rings. The van der Waals surface area contributed by atoms with Gasteiger partial charge in [0, 0.05) is 18.1 Å². The molecule has 94 valence electrons. The fourth-order valence-corrected chi connectivity index (χ4v) is 1.80. The van der Waals surface area contributed by atoms with Crippen molar-refractivity contribution in [3.8, 4) is 0 Å². The van der Waals surface area contributed by atoms with E-state index in [2.05, 4.69) is 11.7 Å². The summed E-state index contributed by atoms with van der Waals surface area (Å²) in [5.74, 6) is -1.47. The maximum atomic E-state index is 13.1. The van der Waals surface area contributed by atoms with Crippen LogP contribution in [-0.4, -0.2) is 16.6 Å². The molecule has 0 radical (unpaired) electrons. The first-order chi connectivity index (χ1) is 8.47. The molecule has 18 heavy (non-hydrogen) atoms. The van der Waals surface area contributed by atoms with Crippen LogP contribution in [0.4, 0.5) is 8.78 Å². The van der Waals surface area contributed by atoms with Gasteiger partial charge in [-0.2, -0.15) is 0 Å². The van der Waals surface area contributed by atoms with Crippen LogP contribution in [0, 0.1) is 11.6 Å². The van der Waals surface area contributed by atoms with E-state index < -0.39 is 22.5 Å². The molecule has 1 heterocycles. The summed E-state index contributed by atoms with van der Waals surface area (Å²) in [6.07, 6.45) is 1.20. The molecule has 0 spiro atoms. The Kier molecular flexibility index (Phi) is 3.17. The first kappa shape index (κ1) is 12.7. The van der Waals surface area contributed by atoms with Crippen molar-refractivity contribution < 1.29 is 18.4 Å². The van der Waals surface area contributed by atoms with Gasteiger partial charge in [0.15, 0.2) is 0 Å². The summed E-state index contributed by atoms with van der Waals surface area (Å²) >= 11 is 5.40. The molecule has 0 aliphatic carbocycles. The lowest BCUT2D eigenvalue weighted by Crippen LogP contribution is -2.33. The van der Waals surface area contributed by atoms with E-state index in [0.717, 1.165) is 18.2 Å². The smallest absolute Gasteiger partial charge is 0.272 e. The van der Waals surface area contributed by atoms with Crippen molar-refractivity contribution in [1.29, 1.82) is 0 Å². The van der Waals surface area contributed by atoms with Gasteiger partial charge in [-0.25, -0.2) is 8.78 Å². The Hall–Kier alpha value is -1.75. The molecule has 1 aliphatic heterocycles. The first-order valence-electron chi connectivity index (χ1n) is 5.02. The predicted octanol–water partition coefficient (Wildman–Crippen LogP) is 2.78. The molecule has 0 saturated heterocycles. The average molecular weight is 272 g/mol. The molecule has 0 unspecified atom stereocenters. The second-order valence-corrected chi connectivity index (χ2v) is 4.17. The second kappa shape index (κ2) is 4.49. The van der Waals surface area contributed by atoms with Crippen LogP contribution >= 0.6 is 11.6 Å². The van der Waals surface area contributed by atoms with Crippen LogP contribution in [0.3, 0.4) is 0 Å². The number of halogens is 3. The zero-order valence-electron chi connectivity index (χ0n) is 9.12. The number of nitrogens with zero attached hydrogens (tertiary/aromatic N) is 1. The van der Waals surface area contributed by atoms with Gasteiger partial charge < -0.3 is 4.84 Å². The molecule has 0 fully saturated rings. The molecule has 1 aliphatic rings. The third kappa shape index (κ3) is 2.13. The van der Waals surface area contributed by atoms with Gasteiger partial charge in [-0.3, -0.25) is 4.79 Å². The topological polar surface area (TPSA) is 38.7 Å². The van der Waals surface area contributed by atoms with Crippen LogP contribution in [-0.2, 0) is 9.63 Å². The van der Waals surface area contributed by atoms with Crippen LogP contribution in [0.1, 0.15) is 12.0 Å². The molecular formula is C12H8ClF2NO2. The summed E-state index contributed by atoms with van der Waals surface area (Å²) in [5, 5.41) is 2.86. The Balaban J connectivity index is 2.33. The summed E-state index contributed by atoms with van der Waals surface area (Å²) in [6.45, 7) is 3.45. The quantitative estimate of drug-likeness (QED) is 0.626.